The van der Waals surface area contributed by atoms with E-state index >= 15 is 0 Å². The Morgan fingerprint density at radius 1 is 1.38 bits per heavy atom. The summed E-state index contributed by atoms with van der Waals surface area (Å²) in [5.41, 5.74) is 4.19. The summed E-state index contributed by atoms with van der Waals surface area (Å²) in [6.07, 6.45) is 9.68. The Morgan fingerprint density at radius 2 is 2.25 bits per heavy atom. The molecule has 1 aliphatic rings. The van der Waals surface area contributed by atoms with Crippen molar-refractivity contribution in [3.05, 3.63) is 41.5 Å². The Balaban J connectivity index is 2.35. The first-order valence-electron chi connectivity index (χ1n) is 6.32. The average Bonchev–Trinajstić information content (AvgIpc) is 2.39. The van der Waals surface area contributed by atoms with Crippen LogP contribution in [0.15, 0.2) is 30.4 Å². The van der Waals surface area contributed by atoms with Crippen molar-refractivity contribution in [2.24, 2.45) is 0 Å². The van der Waals surface area contributed by atoms with Gasteiger partial charge in [0.2, 0.25) is 0 Å². The largest absolute Gasteiger partial charge is 0.388 e. The molecule has 0 fully saturated rings. The summed E-state index contributed by atoms with van der Waals surface area (Å²) in [5, 5.41) is 3.31. The Morgan fingerprint density at radius 3 is 2.88 bits per heavy atom. The van der Waals surface area contributed by atoms with Gasteiger partial charge in [-0.1, -0.05) is 31.2 Å². The van der Waals surface area contributed by atoms with Gasteiger partial charge < -0.3 is 5.32 Å². The maximum atomic E-state index is 3.31. The molecule has 0 aliphatic heterocycles. The van der Waals surface area contributed by atoms with Crippen molar-refractivity contribution in [1.29, 1.82) is 0 Å². The summed E-state index contributed by atoms with van der Waals surface area (Å²) in [5.74, 6) is 0.614. The fourth-order valence-electron chi connectivity index (χ4n) is 2.44. The van der Waals surface area contributed by atoms with Gasteiger partial charge in [-0.25, -0.2) is 0 Å². The lowest BCUT2D eigenvalue weighted by molar-refractivity contribution is 0.655. The monoisotopic (exact) mass is 215 g/mol. The summed E-state index contributed by atoms with van der Waals surface area (Å²) in [6, 6.07) is 6.81. The summed E-state index contributed by atoms with van der Waals surface area (Å²) < 4.78 is 0. The highest BCUT2D eigenvalue weighted by molar-refractivity contribution is 5.55. The molecule has 0 aromatic heterocycles. The van der Waals surface area contributed by atoms with Crippen molar-refractivity contribution in [3.63, 3.8) is 0 Å². The predicted molar refractivity (Wildman–Crippen MR) is 71.1 cm³/mol. The third-order valence-electron chi connectivity index (χ3n) is 3.45. The van der Waals surface area contributed by atoms with Crippen molar-refractivity contribution >= 4 is 5.69 Å². The van der Waals surface area contributed by atoms with Crippen LogP contribution in [0.25, 0.3) is 0 Å². The van der Waals surface area contributed by atoms with E-state index in [1.54, 1.807) is 0 Å². The first-order chi connectivity index (χ1) is 7.85. The van der Waals surface area contributed by atoms with E-state index in [4.69, 9.17) is 0 Å². The van der Waals surface area contributed by atoms with E-state index in [2.05, 4.69) is 42.6 Å². The second-order valence-corrected chi connectivity index (χ2v) is 4.49. The third-order valence-corrected chi connectivity index (χ3v) is 3.45. The van der Waals surface area contributed by atoms with E-state index in [1.807, 2.05) is 7.05 Å². The Kier molecular flexibility index (Phi) is 3.66. The van der Waals surface area contributed by atoms with Gasteiger partial charge in [-0.2, -0.15) is 0 Å². The van der Waals surface area contributed by atoms with Crippen LogP contribution in [0.2, 0.25) is 0 Å². The molecule has 1 atom stereocenters. The molecule has 16 heavy (non-hydrogen) atoms. The first kappa shape index (κ1) is 11.3. The molecular weight excluding hydrogens is 194 g/mol. The van der Waals surface area contributed by atoms with Gasteiger partial charge in [0.15, 0.2) is 0 Å². The molecular formula is C15H21N. The van der Waals surface area contributed by atoms with E-state index in [-0.39, 0.29) is 0 Å². The van der Waals surface area contributed by atoms with Crippen molar-refractivity contribution < 1.29 is 0 Å². The first-order valence-corrected chi connectivity index (χ1v) is 6.32. The van der Waals surface area contributed by atoms with Crippen LogP contribution in [-0.4, -0.2) is 7.05 Å². The standard InChI is InChI=1S/C15H21N/c1-3-12-9-10-15(16-2)14(11-12)13-7-5-4-6-8-13/h5,7,9-11,13,16H,3-4,6,8H2,1-2H3. The summed E-state index contributed by atoms with van der Waals surface area (Å²) >= 11 is 0. The number of hydrogen-bond acceptors (Lipinski definition) is 1. The van der Waals surface area contributed by atoms with Crippen molar-refractivity contribution in [1.82, 2.24) is 0 Å². The summed E-state index contributed by atoms with van der Waals surface area (Å²) in [6.45, 7) is 2.22. The zero-order valence-electron chi connectivity index (χ0n) is 10.3. The molecule has 1 N–H and O–H groups in total. The van der Waals surface area contributed by atoms with Gasteiger partial charge in [0, 0.05) is 18.7 Å². The minimum Gasteiger partial charge on any atom is -0.388 e. The van der Waals surface area contributed by atoms with Gasteiger partial charge >= 0.3 is 0 Å². The summed E-state index contributed by atoms with van der Waals surface area (Å²) in [4.78, 5) is 0. The molecule has 1 aliphatic carbocycles. The predicted octanol–water partition coefficient (Wildman–Crippen LogP) is 4.11. The molecule has 0 radical (unpaired) electrons. The van der Waals surface area contributed by atoms with Crippen molar-refractivity contribution in [3.8, 4) is 0 Å². The molecule has 1 heteroatoms. The quantitative estimate of drug-likeness (QED) is 0.748. The lowest BCUT2D eigenvalue weighted by Crippen LogP contribution is -2.04. The van der Waals surface area contributed by atoms with Gasteiger partial charge in [-0.3, -0.25) is 0 Å². The van der Waals surface area contributed by atoms with Crippen LogP contribution in [0.4, 0.5) is 5.69 Å². The fraction of sp³-hybridized carbons (Fsp3) is 0.467. The van der Waals surface area contributed by atoms with E-state index < -0.39 is 0 Å². The Labute approximate surface area is 98.6 Å². The van der Waals surface area contributed by atoms with Gasteiger partial charge in [-0.05, 0) is 42.9 Å². The Hall–Kier alpha value is -1.24. The third kappa shape index (κ3) is 2.29. The highest BCUT2D eigenvalue weighted by Gasteiger charge is 2.14. The SMILES string of the molecule is CCc1ccc(NC)c(C2C=CCCC2)c1. The van der Waals surface area contributed by atoms with E-state index in [0.29, 0.717) is 5.92 Å². The van der Waals surface area contributed by atoms with Crippen LogP contribution < -0.4 is 5.32 Å². The second kappa shape index (κ2) is 5.20. The number of hydrogen-bond donors (Lipinski definition) is 1. The summed E-state index contributed by atoms with van der Waals surface area (Å²) in [7, 11) is 2.01. The Bertz CT molecular complexity index is 379. The average molecular weight is 215 g/mol. The molecule has 1 nitrogen and oxygen atoms in total. The second-order valence-electron chi connectivity index (χ2n) is 4.49. The molecule has 2 rings (SSSR count). The highest BCUT2D eigenvalue weighted by atomic mass is 14.8. The van der Waals surface area contributed by atoms with Gasteiger partial charge in [0.05, 0.1) is 0 Å². The topological polar surface area (TPSA) is 12.0 Å². The van der Waals surface area contributed by atoms with Crippen LogP contribution in [0.5, 0.6) is 0 Å². The number of nitrogens with one attached hydrogen (secondary N) is 1. The van der Waals surface area contributed by atoms with E-state index in [9.17, 15) is 0 Å². The number of anilines is 1. The van der Waals surface area contributed by atoms with E-state index in [1.165, 1.54) is 36.1 Å². The zero-order valence-corrected chi connectivity index (χ0v) is 10.3. The van der Waals surface area contributed by atoms with Crippen molar-refractivity contribution in [2.45, 2.75) is 38.5 Å². The maximum Gasteiger partial charge on any atom is 0.0376 e. The van der Waals surface area contributed by atoms with Crippen LogP contribution in [0, 0.1) is 0 Å². The molecule has 1 aromatic carbocycles. The lowest BCUT2D eigenvalue weighted by Gasteiger charge is -2.20. The molecule has 0 bridgehead atoms. The maximum absolute atomic E-state index is 3.31. The lowest BCUT2D eigenvalue weighted by atomic mass is 9.87. The number of rotatable bonds is 3. The zero-order chi connectivity index (χ0) is 11.4. The number of allylic oxidation sites excluding steroid dienone is 2. The normalized spacial score (nSPS) is 19.8. The van der Waals surface area contributed by atoms with Gasteiger partial charge in [0.25, 0.3) is 0 Å². The molecule has 0 amide bonds. The molecule has 0 spiro atoms. The van der Waals surface area contributed by atoms with E-state index in [0.717, 1.165) is 6.42 Å². The smallest absolute Gasteiger partial charge is 0.0376 e. The molecule has 0 saturated carbocycles. The highest BCUT2D eigenvalue weighted by Crippen LogP contribution is 2.33. The molecule has 86 valence electrons. The number of benzene rings is 1. The van der Waals surface area contributed by atoms with Gasteiger partial charge in [-0.15, -0.1) is 0 Å². The van der Waals surface area contributed by atoms with Crippen LogP contribution in [-0.2, 0) is 6.42 Å². The molecule has 0 saturated heterocycles. The fourth-order valence-corrected chi connectivity index (χ4v) is 2.44. The van der Waals surface area contributed by atoms with Crippen LogP contribution >= 0.6 is 0 Å². The van der Waals surface area contributed by atoms with Crippen LogP contribution in [0.3, 0.4) is 0 Å². The number of aryl methyl sites for hydroxylation is 1. The van der Waals surface area contributed by atoms with Crippen molar-refractivity contribution in [2.75, 3.05) is 12.4 Å². The minimum absolute atomic E-state index is 0.614. The minimum atomic E-state index is 0.614. The molecule has 1 aromatic rings. The molecule has 0 heterocycles. The van der Waals surface area contributed by atoms with Crippen LogP contribution in [0.1, 0.15) is 43.2 Å². The van der Waals surface area contributed by atoms with Gasteiger partial charge in [0.1, 0.15) is 0 Å². The molecule has 1 unspecified atom stereocenters.